The number of ketones is 1. The Kier molecular flexibility index (Phi) is 4.81. The Labute approximate surface area is 150 Å². The highest BCUT2D eigenvalue weighted by Gasteiger charge is 2.44. The fourth-order valence-corrected chi connectivity index (χ4v) is 4.14. The topological polar surface area (TPSA) is 70.8 Å². The number of hydrogen-bond donors (Lipinski definition) is 1. The number of hydrogen-bond acceptors (Lipinski definition) is 5. The van der Waals surface area contributed by atoms with E-state index in [-0.39, 0.29) is 23.8 Å². The molecule has 2 aromatic rings. The van der Waals surface area contributed by atoms with Gasteiger partial charge in [0, 0.05) is 11.3 Å². The van der Waals surface area contributed by atoms with Crippen molar-refractivity contribution in [1.29, 1.82) is 0 Å². The molecule has 1 amide bonds. The predicted octanol–water partition coefficient (Wildman–Crippen LogP) is 4.16. The first-order valence-electron chi connectivity index (χ1n) is 8.23. The van der Waals surface area contributed by atoms with E-state index in [2.05, 4.69) is 0 Å². The van der Waals surface area contributed by atoms with E-state index in [0.29, 0.717) is 12.2 Å². The van der Waals surface area contributed by atoms with Crippen LogP contribution in [0.2, 0.25) is 0 Å². The van der Waals surface area contributed by atoms with Gasteiger partial charge in [-0.25, -0.2) is 0 Å². The molecule has 0 aromatic carbocycles. The van der Waals surface area contributed by atoms with Crippen LogP contribution < -0.4 is 0 Å². The molecule has 1 unspecified atom stereocenters. The Morgan fingerprint density at radius 2 is 2.16 bits per heavy atom. The highest BCUT2D eigenvalue weighted by atomic mass is 32.1. The third kappa shape index (κ3) is 3.26. The maximum absolute atomic E-state index is 12.8. The highest BCUT2D eigenvalue weighted by molar-refractivity contribution is 7.10. The second kappa shape index (κ2) is 6.88. The number of Topliss-reactive ketones (excluding diaryl/α,β-unsaturated/α-hetero) is 1. The molecule has 132 valence electrons. The van der Waals surface area contributed by atoms with Crippen LogP contribution in [0.3, 0.4) is 0 Å². The van der Waals surface area contributed by atoms with Crippen molar-refractivity contribution in [2.75, 3.05) is 0 Å². The van der Waals surface area contributed by atoms with E-state index in [1.807, 2.05) is 32.2 Å². The lowest BCUT2D eigenvalue weighted by Crippen LogP contribution is -2.30. The number of carbonyl (C=O) groups excluding carboxylic acids is 2. The van der Waals surface area contributed by atoms with Crippen molar-refractivity contribution in [2.24, 2.45) is 5.92 Å². The fraction of sp³-hybridized carbons (Fsp3) is 0.368. The van der Waals surface area contributed by atoms with Gasteiger partial charge in [0.05, 0.1) is 18.4 Å². The summed E-state index contributed by atoms with van der Waals surface area (Å²) in [5, 5.41) is 12.4. The molecule has 1 atom stereocenters. The second-order valence-corrected chi connectivity index (χ2v) is 7.61. The molecule has 25 heavy (non-hydrogen) atoms. The number of aliphatic hydroxyl groups is 1. The molecule has 1 aliphatic heterocycles. The van der Waals surface area contributed by atoms with Crippen LogP contribution in [0.5, 0.6) is 0 Å². The molecule has 5 nitrogen and oxygen atoms in total. The lowest BCUT2D eigenvalue weighted by molar-refractivity contribution is -0.130. The summed E-state index contributed by atoms with van der Waals surface area (Å²) in [6.45, 7) is 6.04. The number of rotatable bonds is 6. The van der Waals surface area contributed by atoms with E-state index >= 15 is 0 Å². The molecule has 0 saturated heterocycles. The van der Waals surface area contributed by atoms with E-state index in [0.717, 1.165) is 10.4 Å². The molecule has 1 N–H and O–H groups in total. The van der Waals surface area contributed by atoms with Gasteiger partial charge < -0.3 is 14.4 Å². The molecule has 2 aromatic heterocycles. The monoisotopic (exact) mass is 359 g/mol. The molecular formula is C19H21NO4S. The van der Waals surface area contributed by atoms with Gasteiger partial charge in [-0.2, -0.15) is 0 Å². The van der Waals surface area contributed by atoms with Crippen LogP contribution in [-0.4, -0.2) is 21.7 Å². The average Bonchev–Trinajstić information content (AvgIpc) is 3.24. The van der Waals surface area contributed by atoms with E-state index in [1.165, 1.54) is 16.2 Å². The quantitative estimate of drug-likeness (QED) is 0.841. The van der Waals surface area contributed by atoms with Gasteiger partial charge in [0.15, 0.2) is 11.5 Å². The number of aryl methyl sites for hydroxylation is 1. The summed E-state index contributed by atoms with van der Waals surface area (Å²) in [5.41, 5.74) is 1.20. The first-order chi connectivity index (χ1) is 11.9. The zero-order valence-electron chi connectivity index (χ0n) is 14.5. The molecule has 1 aliphatic rings. The van der Waals surface area contributed by atoms with E-state index in [4.69, 9.17) is 4.42 Å². The Morgan fingerprint density at radius 3 is 2.72 bits per heavy atom. The van der Waals surface area contributed by atoms with Crippen LogP contribution in [0, 0.1) is 12.8 Å². The number of amides is 1. The maximum atomic E-state index is 12.8. The summed E-state index contributed by atoms with van der Waals surface area (Å²) in [4.78, 5) is 27.9. The van der Waals surface area contributed by atoms with Crippen LogP contribution in [-0.2, 0) is 16.1 Å². The number of carbonyl (C=O) groups is 2. The van der Waals surface area contributed by atoms with E-state index < -0.39 is 17.7 Å². The number of nitrogens with zero attached hydrogens (tertiary/aromatic N) is 1. The summed E-state index contributed by atoms with van der Waals surface area (Å²) >= 11 is 1.49. The third-order valence-corrected chi connectivity index (χ3v) is 5.33. The highest BCUT2D eigenvalue weighted by Crippen LogP contribution is 2.42. The van der Waals surface area contributed by atoms with Crippen molar-refractivity contribution < 1.29 is 19.1 Å². The molecule has 0 spiro atoms. The minimum atomic E-state index is -0.566. The van der Waals surface area contributed by atoms with Gasteiger partial charge in [-0.05, 0) is 42.0 Å². The molecular weight excluding hydrogens is 338 g/mol. The van der Waals surface area contributed by atoms with Crippen molar-refractivity contribution in [3.05, 3.63) is 57.4 Å². The zero-order valence-corrected chi connectivity index (χ0v) is 15.3. The molecule has 0 saturated carbocycles. The van der Waals surface area contributed by atoms with Crippen molar-refractivity contribution in [3.8, 4) is 0 Å². The summed E-state index contributed by atoms with van der Waals surface area (Å²) in [6.07, 6.45) is 1.83. The molecule has 0 radical (unpaired) electrons. The van der Waals surface area contributed by atoms with Gasteiger partial charge in [-0.1, -0.05) is 13.8 Å². The summed E-state index contributed by atoms with van der Waals surface area (Å²) in [5.74, 6) is -0.387. The molecule has 0 aliphatic carbocycles. The SMILES string of the molecule is Cc1ccsc1C1C(C(=O)CC(C)C)=C(O)C(=O)N1Cc1ccco1. The van der Waals surface area contributed by atoms with Crippen LogP contribution in [0.25, 0.3) is 0 Å². The van der Waals surface area contributed by atoms with Crippen molar-refractivity contribution in [2.45, 2.75) is 39.8 Å². The van der Waals surface area contributed by atoms with Crippen LogP contribution in [0.15, 0.2) is 45.6 Å². The first-order valence-corrected chi connectivity index (χ1v) is 9.11. The summed E-state index contributed by atoms with van der Waals surface area (Å²) in [6, 6.07) is 4.91. The Hall–Kier alpha value is -2.34. The van der Waals surface area contributed by atoms with E-state index in [1.54, 1.807) is 18.4 Å². The van der Waals surface area contributed by atoms with Gasteiger partial charge in [0.2, 0.25) is 0 Å². The normalized spacial score (nSPS) is 17.8. The Balaban J connectivity index is 2.04. The molecule has 0 fully saturated rings. The van der Waals surface area contributed by atoms with Crippen molar-refractivity contribution in [3.63, 3.8) is 0 Å². The Morgan fingerprint density at radius 1 is 1.40 bits per heavy atom. The zero-order chi connectivity index (χ0) is 18.1. The minimum absolute atomic E-state index is 0.145. The number of furan rings is 1. The number of aliphatic hydroxyl groups excluding tert-OH is 1. The van der Waals surface area contributed by atoms with Crippen LogP contribution >= 0.6 is 11.3 Å². The van der Waals surface area contributed by atoms with Crippen molar-refractivity contribution in [1.82, 2.24) is 4.90 Å². The third-order valence-electron chi connectivity index (χ3n) is 4.25. The van der Waals surface area contributed by atoms with Crippen LogP contribution in [0.1, 0.15) is 42.5 Å². The fourth-order valence-electron chi connectivity index (χ4n) is 3.09. The molecule has 0 bridgehead atoms. The molecule has 3 heterocycles. The van der Waals surface area contributed by atoms with Gasteiger partial charge in [0.25, 0.3) is 5.91 Å². The second-order valence-electron chi connectivity index (χ2n) is 6.67. The first kappa shape index (κ1) is 17.5. The van der Waals surface area contributed by atoms with Gasteiger partial charge in [-0.15, -0.1) is 11.3 Å². The predicted molar refractivity (Wildman–Crippen MR) is 95.2 cm³/mol. The standard InChI is InChI=1S/C19H21NO4S/c1-11(2)9-14(21)15-16(18-12(3)6-8-25-18)20(19(23)17(15)22)10-13-5-4-7-24-13/h4-8,11,16,22H,9-10H2,1-3H3. The average molecular weight is 359 g/mol. The summed E-state index contributed by atoms with van der Waals surface area (Å²) < 4.78 is 5.36. The van der Waals surface area contributed by atoms with Crippen molar-refractivity contribution >= 4 is 23.0 Å². The van der Waals surface area contributed by atoms with Crippen LogP contribution in [0.4, 0.5) is 0 Å². The lowest BCUT2D eigenvalue weighted by Gasteiger charge is -2.25. The largest absolute Gasteiger partial charge is 0.503 e. The summed E-state index contributed by atoms with van der Waals surface area (Å²) in [7, 11) is 0. The smallest absolute Gasteiger partial charge is 0.290 e. The van der Waals surface area contributed by atoms with E-state index in [9.17, 15) is 14.7 Å². The molecule has 6 heteroatoms. The maximum Gasteiger partial charge on any atom is 0.290 e. The number of thiophene rings is 1. The van der Waals surface area contributed by atoms with Gasteiger partial charge >= 0.3 is 0 Å². The Bertz CT molecular complexity index is 816. The minimum Gasteiger partial charge on any atom is -0.503 e. The lowest BCUT2D eigenvalue weighted by atomic mass is 9.94. The molecule has 3 rings (SSSR count). The van der Waals surface area contributed by atoms with Gasteiger partial charge in [0.1, 0.15) is 11.8 Å². The van der Waals surface area contributed by atoms with Gasteiger partial charge in [-0.3, -0.25) is 9.59 Å².